The minimum absolute atomic E-state index is 0.0887. The number of nitrogens with zero attached hydrogens (tertiary/aromatic N) is 1. The molecular weight excluding hydrogens is 319 g/mol. The molecule has 0 aliphatic rings. The molecule has 0 spiro atoms. The number of anilines is 1. The fourth-order valence-electron chi connectivity index (χ4n) is 2.01. The molecule has 3 rings (SSSR count). The summed E-state index contributed by atoms with van der Waals surface area (Å²) in [4.78, 5) is 18.0. The number of thiophene rings is 1. The average molecular weight is 332 g/mol. The Morgan fingerprint density at radius 1 is 1.18 bits per heavy atom. The molecule has 0 unspecified atom stereocenters. The van der Waals surface area contributed by atoms with Crippen molar-refractivity contribution in [3.63, 3.8) is 0 Å². The normalized spacial score (nSPS) is 10.6. The van der Waals surface area contributed by atoms with Crippen LogP contribution >= 0.6 is 22.7 Å². The van der Waals surface area contributed by atoms with Gasteiger partial charge < -0.3 is 5.32 Å². The van der Waals surface area contributed by atoms with Gasteiger partial charge in [-0.05, 0) is 23.1 Å². The first kappa shape index (κ1) is 14.9. The number of nitrogens with one attached hydrogen (secondary N) is 1. The molecule has 0 aliphatic heterocycles. The largest absolute Gasteiger partial charge is 0.302 e. The zero-order valence-electron chi connectivity index (χ0n) is 11.6. The van der Waals surface area contributed by atoms with Crippen LogP contribution in [0.15, 0.2) is 48.0 Å². The second kappa shape index (κ2) is 6.81. The zero-order valence-corrected chi connectivity index (χ0v) is 13.2. The lowest BCUT2D eigenvalue weighted by atomic mass is 10.1. The van der Waals surface area contributed by atoms with Crippen molar-refractivity contribution in [2.45, 2.75) is 12.8 Å². The lowest BCUT2D eigenvalue weighted by Gasteiger charge is -2.00. The highest BCUT2D eigenvalue weighted by molar-refractivity contribution is 7.15. The number of rotatable bonds is 5. The second-order valence-corrected chi connectivity index (χ2v) is 6.85. The molecule has 112 valence electrons. The first-order chi connectivity index (χ1) is 10.7. The highest BCUT2D eigenvalue weighted by Crippen LogP contribution is 2.22. The molecule has 0 fully saturated rings. The summed E-state index contributed by atoms with van der Waals surface area (Å²) >= 11 is 2.92. The van der Waals surface area contributed by atoms with E-state index in [-0.39, 0.29) is 11.7 Å². The molecule has 3 nitrogen and oxygen atoms in total. The van der Waals surface area contributed by atoms with E-state index in [4.69, 9.17) is 0 Å². The third-order valence-corrected chi connectivity index (χ3v) is 4.83. The van der Waals surface area contributed by atoms with E-state index in [1.165, 1.54) is 17.4 Å². The molecule has 0 saturated carbocycles. The van der Waals surface area contributed by atoms with Crippen molar-refractivity contribution in [1.29, 1.82) is 0 Å². The van der Waals surface area contributed by atoms with E-state index in [1.54, 1.807) is 29.7 Å². The summed E-state index contributed by atoms with van der Waals surface area (Å²) in [6.07, 6.45) is 2.50. The number of aromatic nitrogens is 1. The molecule has 6 heteroatoms. The number of hydrogen-bond acceptors (Lipinski definition) is 4. The Kier molecular flexibility index (Phi) is 4.60. The van der Waals surface area contributed by atoms with Crippen molar-refractivity contribution in [2.75, 3.05) is 5.32 Å². The van der Waals surface area contributed by atoms with Gasteiger partial charge in [0.1, 0.15) is 5.82 Å². The summed E-state index contributed by atoms with van der Waals surface area (Å²) in [5.41, 5.74) is 0.627. The SMILES string of the molecule is O=C(Cc1cccs1)Nc1ncc(Cc2ccccc2F)s1. The van der Waals surface area contributed by atoms with Gasteiger partial charge in [-0.2, -0.15) is 0 Å². The summed E-state index contributed by atoms with van der Waals surface area (Å²) in [6, 6.07) is 10.5. The number of thiazole rings is 1. The fraction of sp³-hybridized carbons (Fsp3) is 0.125. The third kappa shape index (κ3) is 3.78. The van der Waals surface area contributed by atoms with Crippen LogP contribution in [-0.4, -0.2) is 10.9 Å². The minimum Gasteiger partial charge on any atom is -0.302 e. The van der Waals surface area contributed by atoms with Gasteiger partial charge in [0.05, 0.1) is 6.42 Å². The molecule has 1 amide bonds. The number of carbonyl (C=O) groups is 1. The van der Waals surface area contributed by atoms with E-state index >= 15 is 0 Å². The monoisotopic (exact) mass is 332 g/mol. The Hall–Kier alpha value is -2.05. The van der Waals surface area contributed by atoms with Gasteiger partial charge in [-0.25, -0.2) is 9.37 Å². The standard InChI is InChI=1S/C16H13FN2OS2/c17-14-6-2-1-4-11(14)8-13-10-18-16(22-13)19-15(20)9-12-5-3-7-21-12/h1-7,10H,8-9H2,(H,18,19,20). The van der Waals surface area contributed by atoms with Crippen LogP contribution in [0.4, 0.5) is 9.52 Å². The summed E-state index contributed by atoms with van der Waals surface area (Å²) < 4.78 is 13.6. The molecule has 22 heavy (non-hydrogen) atoms. The average Bonchev–Trinajstić information content (AvgIpc) is 3.14. The van der Waals surface area contributed by atoms with Crippen molar-refractivity contribution >= 4 is 33.7 Å². The van der Waals surface area contributed by atoms with Crippen LogP contribution in [0, 0.1) is 5.82 Å². The van der Waals surface area contributed by atoms with Crippen LogP contribution in [0.1, 0.15) is 15.3 Å². The minimum atomic E-state index is -0.223. The Labute approximate surface area is 135 Å². The van der Waals surface area contributed by atoms with E-state index in [9.17, 15) is 9.18 Å². The molecule has 0 radical (unpaired) electrons. The van der Waals surface area contributed by atoms with Crippen LogP contribution in [0.2, 0.25) is 0 Å². The van der Waals surface area contributed by atoms with E-state index in [1.807, 2.05) is 23.6 Å². The topological polar surface area (TPSA) is 42.0 Å². The number of carbonyl (C=O) groups excluding carboxylic acids is 1. The van der Waals surface area contributed by atoms with Crippen molar-refractivity contribution in [3.05, 3.63) is 69.1 Å². The van der Waals surface area contributed by atoms with Gasteiger partial charge >= 0.3 is 0 Å². The summed E-state index contributed by atoms with van der Waals surface area (Å²) in [5.74, 6) is -0.312. The quantitative estimate of drug-likeness (QED) is 0.764. The Balaban J connectivity index is 1.61. The molecule has 1 N–H and O–H groups in total. The van der Waals surface area contributed by atoms with Gasteiger partial charge in [0, 0.05) is 22.4 Å². The van der Waals surface area contributed by atoms with Gasteiger partial charge in [0.15, 0.2) is 5.13 Å². The van der Waals surface area contributed by atoms with E-state index in [2.05, 4.69) is 10.3 Å². The number of amides is 1. The number of hydrogen-bond donors (Lipinski definition) is 1. The highest BCUT2D eigenvalue weighted by atomic mass is 32.1. The summed E-state index contributed by atoms with van der Waals surface area (Å²) in [7, 11) is 0. The Morgan fingerprint density at radius 2 is 2.05 bits per heavy atom. The van der Waals surface area contributed by atoms with Crippen LogP contribution < -0.4 is 5.32 Å². The fourth-order valence-corrected chi connectivity index (χ4v) is 3.57. The van der Waals surface area contributed by atoms with Crippen molar-refractivity contribution < 1.29 is 9.18 Å². The highest BCUT2D eigenvalue weighted by Gasteiger charge is 2.10. The molecule has 3 aromatic rings. The summed E-state index contributed by atoms with van der Waals surface area (Å²) in [5, 5.41) is 5.27. The Morgan fingerprint density at radius 3 is 2.82 bits per heavy atom. The predicted octanol–water partition coefficient (Wildman–Crippen LogP) is 4.12. The predicted molar refractivity (Wildman–Crippen MR) is 88.0 cm³/mol. The van der Waals surface area contributed by atoms with Crippen molar-refractivity contribution in [2.24, 2.45) is 0 Å². The third-order valence-electron chi connectivity index (χ3n) is 3.04. The lowest BCUT2D eigenvalue weighted by molar-refractivity contribution is -0.115. The van der Waals surface area contributed by atoms with E-state index < -0.39 is 0 Å². The molecule has 0 atom stereocenters. The molecular formula is C16H13FN2OS2. The van der Waals surface area contributed by atoms with Crippen molar-refractivity contribution in [3.8, 4) is 0 Å². The smallest absolute Gasteiger partial charge is 0.231 e. The maximum absolute atomic E-state index is 13.6. The molecule has 1 aromatic carbocycles. The first-order valence-electron chi connectivity index (χ1n) is 6.71. The molecule has 0 saturated heterocycles. The van der Waals surface area contributed by atoms with Gasteiger partial charge in [-0.1, -0.05) is 24.3 Å². The van der Waals surface area contributed by atoms with Gasteiger partial charge in [0.25, 0.3) is 0 Å². The van der Waals surface area contributed by atoms with E-state index in [0.29, 0.717) is 23.5 Å². The second-order valence-electron chi connectivity index (χ2n) is 4.70. The first-order valence-corrected chi connectivity index (χ1v) is 8.40. The van der Waals surface area contributed by atoms with Gasteiger partial charge in [0.2, 0.25) is 5.91 Å². The molecule has 0 bridgehead atoms. The van der Waals surface area contributed by atoms with Crippen LogP contribution in [0.5, 0.6) is 0 Å². The van der Waals surface area contributed by atoms with Crippen molar-refractivity contribution in [1.82, 2.24) is 4.98 Å². The Bertz CT molecular complexity index is 768. The van der Waals surface area contributed by atoms with Crippen LogP contribution in [-0.2, 0) is 17.6 Å². The van der Waals surface area contributed by atoms with E-state index in [0.717, 1.165) is 9.75 Å². The lowest BCUT2D eigenvalue weighted by Crippen LogP contribution is -2.13. The van der Waals surface area contributed by atoms with Gasteiger partial charge in [-0.3, -0.25) is 4.79 Å². The number of halogens is 1. The maximum atomic E-state index is 13.6. The zero-order chi connectivity index (χ0) is 15.4. The molecule has 2 aromatic heterocycles. The van der Waals surface area contributed by atoms with Gasteiger partial charge in [-0.15, -0.1) is 22.7 Å². The molecule has 0 aliphatic carbocycles. The van der Waals surface area contributed by atoms with Crippen LogP contribution in [0.3, 0.4) is 0 Å². The number of benzene rings is 1. The summed E-state index contributed by atoms with van der Waals surface area (Å²) in [6.45, 7) is 0. The molecule has 2 heterocycles. The van der Waals surface area contributed by atoms with Crippen LogP contribution in [0.25, 0.3) is 0 Å². The maximum Gasteiger partial charge on any atom is 0.231 e.